The molecule has 0 bridgehead atoms. The van der Waals surface area contributed by atoms with Gasteiger partial charge in [-0.3, -0.25) is 9.48 Å². The van der Waals surface area contributed by atoms with Crippen molar-refractivity contribution in [1.29, 1.82) is 0 Å². The van der Waals surface area contributed by atoms with E-state index >= 15 is 0 Å². The largest absolute Gasteiger partial charge is 0.497 e. The molecule has 0 saturated heterocycles. The Morgan fingerprint density at radius 1 is 1.25 bits per heavy atom. The lowest BCUT2D eigenvalue weighted by atomic mass is 10.1. The summed E-state index contributed by atoms with van der Waals surface area (Å²) in [7, 11) is 3.46. The number of nitrogens with one attached hydrogen (secondary N) is 1. The molecule has 0 radical (unpaired) electrons. The third-order valence-corrected chi connectivity index (χ3v) is 4.49. The van der Waals surface area contributed by atoms with E-state index in [9.17, 15) is 9.59 Å². The zero-order chi connectivity index (χ0) is 20.7. The summed E-state index contributed by atoms with van der Waals surface area (Å²) in [5.41, 5.74) is 3.73. The van der Waals surface area contributed by atoms with E-state index < -0.39 is 12.1 Å². The van der Waals surface area contributed by atoms with Gasteiger partial charge in [0.1, 0.15) is 5.75 Å². The summed E-state index contributed by atoms with van der Waals surface area (Å²) in [6, 6.07) is 7.64. The number of hydrogen-bond donors (Lipinski definition) is 1. The Morgan fingerprint density at radius 3 is 2.50 bits per heavy atom. The predicted octanol–water partition coefficient (Wildman–Crippen LogP) is 2.35. The molecular weight excluding hydrogens is 358 g/mol. The lowest BCUT2D eigenvalue weighted by molar-refractivity contribution is -0.150. The molecule has 0 aliphatic carbocycles. The quantitative estimate of drug-likeness (QED) is 0.557. The molecule has 0 saturated carbocycles. The molecule has 0 spiro atoms. The number of carbonyl (C=O) groups excluding carboxylic acids is 2. The molecule has 1 amide bonds. The van der Waals surface area contributed by atoms with Gasteiger partial charge in [0.15, 0.2) is 6.10 Å². The van der Waals surface area contributed by atoms with Crippen molar-refractivity contribution in [1.82, 2.24) is 15.1 Å². The van der Waals surface area contributed by atoms with Crippen LogP contribution in [-0.2, 0) is 27.8 Å². The lowest BCUT2D eigenvalue weighted by Crippen LogP contribution is -2.36. The smallest absolute Gasteiger partial charge is 0.331 e. The molecule has 1 heterocycles. The zero-order valence-electron chi connectivity index (χ0n) is 17.0. The van der Waals surface area contributed by atoms with Crippen LogP contribution in [0.3, 0.4) is 0 Å². The summed E-state index contributed by atoms with van der Waals surface area (Å²) in [5, 5.41) is 7.06. The molecule has 2 rings (SSSR count). The molecule has 28 heavy (non-hydrogen) atoms. The lowest BCUT2D eigenvalue weighted by Gasteiger charge is -2.12. The number of nitrogens with zero attached hydrogens (tertiary/aromatic N) is 2. The van der Waals surface area contributed by atoms with Gasteiger partial charge in [0.05, 0.1) is 12.8 Å². The van der Waals surface area contributed by atoms with Gasteiger partial charge >= 0.3 is 5.97 Å². The van der Waals surface area contributed by atoms with E-state index in [0.717, 1.165) is 28.3 Å². The number of aromatic nitrogens is 2. The van der Waals surface area contributed by atoms with Crippen LogP contribution in [-0.4, -0.2) is 41.4 Å². The maximum Gasteiger partial charge on any atom is 0.331 e. The predicted molar refractivity (Wildman–Crippen MR) is 107 cm³/mol. The van der Waals surface area contributed by atoms with E-state index in [4.69, 9.17) is 9.47 Å². The molecule has 0 aliphatic rings. The van der Waals surface area contributed by atoms with Gasteiger partial charge in [-0.2, -0.15) is 5.10 Å². The molecule has 1 N–H and O–H groups in total. The van der Waals surface area contributed by atoms with E-state index in [0.29, 0.717) is 13.0 Å². The normalized spacial score (nSPS) is 12.0. The minimum Gasteiger partial charge on any atom is -0.497 e. The fraction of sp³-hybridized carbons (Fsp3) is 0.381. The highest BCUT2D eigenvalue weighted by Crippen LogP contribution is 2.14. The second kappa shape index (κ2) is 9.73. The average molecular weight is 385 g/mol. The first kappa shape index (κ1) is 21.2. The number of hydrogen-bond acceptors (Lipinski definition) is 5. The number of esters is 1. The summed E-state index contributed by atoms with van der Waals surface area (Å²) < 4.78 is 12.0. The Bertz CT molecular complexity index is 853. The van der Waals surface area contributed by atoms with E-state index in [-0.39, 0.29) is 5.91 Å². The van der Waals surface area contributed by atoms with Crippen molar-refractivity contribution in [3.8, 4) is 5.75 Å². The summed E-state index contributed by atoms with van der Waals surface area (Å²) in [4.78, 5) is 24.1. The first-order valence-corrected chi connectivity index (χ1v) is 9.11. The van der Waals surface area contributed by atoms with Crippen LogP contribution >= 0.6 is 0 Å². The van der Waals surface area contributed by atoms with Crippen molar-refractivity contribution >= 4 is 18.0 Å². The minimum absolute atomic E-state index is 0.330. The van der Waals surface area contributed by atoms with Gasteiger partial charge in [0.25, 0.3) is 5.91 Å². The Kier molecular flexibility index (Phi) is 7.37. The Labute approximate surface area is 165 Å². The number of ether oxygens (including phenoxy) is 2. The molecule has 2 aromatic rings. The summed E-state index contributed by atoms with van der Waals surface area (Å²) in [5.74, 6) is -0.109. The Balaban J connectivity index is 1.79. The summed E-state index contributed by atoms with van der Waals surface area (Å²) >= 11 is 0. The third kappa shape index (κ3) is 5.70. The van der Waals surface area contributed by atoms with Gasteiger partial charge in [0.2, 0.25) is 0 Å². The molecule has 0 fully saturated rings. The number of amides is 1. The maximum absolute atomic E-state index is 12.1. The van der Waals surface area contributed by atoms with Gasteiger partial charge in [-0.15, -0.1) is 0 Å². The molecule has 7 nitrogen and oxygen atoms in total. The van der Waals surface area contributed by atoms with E-state index in [1.54, 1.807) is 24.8 Å². The number of aryl methyl sites for hydroxylation is 2. The van der Waals surface area contributed by atoms with Crippen molar-refractivity contribution < 1.29 is 19.1 Å². The first-order valence-electron chi connectivity index (χ1n) is 9.11. The SMILES string of the molecule is COc1ccc(CCNC(=O)[C@H](C)OC(=O)/C=C/c2c(C)nn(C)c2C)cc1. The third-order valence-electron chi connectivity index (χ3n) is 4.49. The van der Waals surface area contributed by atoms with Crippen LogP contribution in [0.25, 0.3) is 6.08 Å². The molecule has 0 aliphatic heterocycles. The standard InChI is InChI=1S/C21H27N3O4/c1-14-19(15(2)24(4)23-14)10-11-20(25)28-16(3)21(26)22-13-12-17-6-8-18(27-5)9-7-17/h6-11,16H,12-13H2,1-5H3,(H,22,26)/b11-10+/t16-/m0/s1. The van der Waals surface area contributed by atoms with Crippen LogP contribution in [0.5, 0.6) is 5.75 Å². The number of benzene rings is 1. The van der Waals surface area contributed by atoms with Crippen LogP contribution in [0.2, 0.25) is 0 Å². The van der Waals surface area contributed by atoms with Crippen molar-refractivity contribution in [3.63, 3.8) is 0 Å². The maximum atomic E-state index is 12.1. The monoisotopic (exact) mass is 385 g/mol. The minimum atomic E-state index is -0.871. The van der Waals surface area contributed by atoms with Crippen LogP contribution in [0, 0.1) is 13.8 Å². The van der Waals surface area contributed by atoms with Gasteiger partial charge in [0, 0.05) is 30.9 Å². The molecule has 1 atom stereocenters. The van der Waals surface area contributed by atoms with E-state index in [2.05, 4.69) is 10.4 Å². The van der Waals surface area contributed by atoms with Crippen molar-refractivity contribution in [2.24, 2.45) is 7.05 Å². The zero-order valence-corrected chi connectivity index (χ0v) is 17.0. The Morgan fingerprint density at radius 2 is 1.93 bits per heavy atom. The van der Waals surface area contributed by atoms with Crippen molar-refractivity contribution in [3.05, 3.63) is 52.9 Å². The van der Waals surface area contributed by atoms with Crippen LogP contribution in [0.1, 0.15) is 29.4 Å². The van der Waals surface area contributed by atoms with Gasteiger partial charge in [-0.05, 0) is 51.0 Å². The summed E-state index contributed by atoms with van der Waals surface area (Å²) in [6.07, 6.45) is 2.78. The molecule has 1 aromatic carbocycles. The van der Waals surface area contributed by atoms with Crippen LogP contribution < -0.4 is 10.1 Å². The van der Waals surface area contributed by atoms with Gasteiger partial charge in [-0.1, -0.05) is 12.1 Å². The second-order valence-corrected chi connectivity index (χ2v) is 6.51. The van der Waals surface area contributed by atoms with Crippen LogP contribution in [0.15, 0.2) is 30.3 Å². The van der Waals surface area contributed by atoms with Crippen molar-refractivity contribution in [2.45, 2.75) is 33.3 Å². The number of rotatable bonds is 8. The molecule has 0 unspecified atom stereocenters. The highest BCUT2D eigenvalue weighted by atomic mass is 16.5. The second-order valence-electron chi connectivity index (χ2n) is 6.51. The van der Waals surface area contributed by atoms with Crippen molar-refractivity contribution in [2.75, 3.05) is 13.7 Å². The van der Waals surface area contributed by atoms with Crippen LogP contribution in [0.4, 0.5) is 0 Å². The van der Waals surface area contributed by atoms with E-state index in [1.807, 2.05) is 45.2 Å². The highest BCUT2D eigenvalue weighted by Gasteiger charge is 2.16. The average Bonchev–Trinajstić information content (AvgIpc) is 2.92. The van der Waals surface area contributed by atoms with E-state index in [1.165, 1.54) is 6.08 Å². The number of methoxy groups -OCH3 is 1. The number of carbonyl (C=O) groups is 2. The fourth-order valence-electron chi connectivity index (χ4n) is 2.72. The van der Waals surface area contributed by atoms with Gasteiger partial charge in [-0.25, -0.2) is 4.79 Å². The van der Waals surface area contributed by atoms with Gasteiger partial charge < -0.3 is 14.8 Å². The fourth-order valence-corrected chi connectivity index (χ4v) is 2.72. The first-order chi connectivity index (χ1) is 13.3. The molecule has 7 heteroatoms. The summed E-state index contributed by atoms with van der Waals surface area (Å²) in [6.45, 7) is 5.80. The Hall–Kier alpha value is -3.09. The molecule has 150 valence electrons. The molecular formula is C21H27N3O4. The molecule has 1 aromatic heterocycles. The topological polar surface area (TPSA) is 82.4 Å². The highest BCUT2D eigenvalue weighted by molar-refractivity contribution is 5.90.